The van der Waals surface area contributed by atoms with E-state index in [1.165, 1.54) is 0 Å². The smallest absolute Gasteiger partial charge is 0.229 e. The minimum atomic E-state index is -0.0551. The third-order valence-corrected chi connectivity index (χ3v) is 4.86. The second-order valence-corrected chi connectivity index (χ2v) is 6.34. The highest BCUT2D eigenvalue weighted by molar-refractivity contribution is 5.79. The lowest BCUT2D eigenvalue weighted by molar-refractivity contribution is -0.138. The van der Waals surface area contributed by atoms with Gasteiger partial charge in [-0.15, -0.1) is 0 Å². The Hall–Kier alpha value is -1.55. The van der Waals surface area contributed by atoms with Crippen LogP contribution in [0.3, 0.4) is 0 Å². The molecule has 0 radical (unpaired) electrons. The predicted octanol–water partition coefficient (Wildman–Crippen LogP) is 1.97. The molecule has 0 spiro atoms. The molecule has 1 heterocycles. The Kier molecular flexibility index (Phi) is 4.15. The molecule has 3 rings (SSSR count). The zero-order valence-electron chi connectivity index (χ0n) is 12.6. The van der Waals surface area contributed by atoms with Crippen LogP contribution in [0.4, 0.5) is 0 Å². The van der Waals surface area contributed by atoms with E-state index >= 15 is 0 Å². The summed E-state index contributed by atoms with van der Waals surface area (Å²) in [6, 6.07) is 8.65. The van der Waals surface area contributed by atoms with Crippen molar-refractivity contribution in [1.82, 2.24) is 4.90 Å². The summed E-state index contributed by atoms with van der Waals surface area (Å²) >= 11 is 0. The molecular formula is C17H24N2O2. The summed E-state index contributed by atoms with van der Waals surface area (Å²) in [5.41, 5.74) is 7.09. The Labute approximate surface area is 126 Å². The summed E-state index contributed by atoms with van der Waals surface area (Å²) in [4.78, 5) is 14.6. The maximum Gasteiger partial charge on any atom is 0.229 e. The highest BCUT2D eigenvalue weighted by Gasteiger charge is 2.32. The summed E-state index contributed by atoms with van der Waals surface area (Å²) in [5, 5.41) is 0. The van der Waals surface area contributed by atoms with E-state index in [1.807, 2.05) is 30.1 Å². The van der Waals surface area contributed by atoms with Crippen LogP contribution in [0.5, 0.6) is 5.75 Å². The van der Waals surface area contributed by atoms with Crippen molar-refractivity contribution in [3.8, 4) is 5.75 Å². The molecule has 4 nitrogen and oxygen atoms in total. The molecule has 0 bridgehead atoms. The van der Waals surface area contributed by atoms with E-state index in [2.05, 4.69) is 6.07 Å². The molecule has 1 fully saturated rings. The second-order valence-electron chi connectivity index (χ2n) is 6.34. The molecule has 1 aliphatic heterocycles. The number of hydrogen-bond acceptors (Lipinski definition) is 3. The van der Waals surface area contributed by atoms with Crippen LogP contribution in [0, 0.1) is 5.92 Å². The van der Waals surface area contributed by atoms with Gasteiger partial charge >= 0.3 is 0 Å². The summed E-state index contributed by atoms with van der Waals surface area (Å²) in [6.07, 6.45) is 4.87. The Balaban J connectivity index is 1.63. The molecule has 1 saturated carbocycles. The van der Waals surface area contributed by atoms with Crippen molar-refractivity contribution in [2.45, 2.75) is 44.2 Å². The van der Waals surface area contributed by atoms with E-state index in [4.69, 9.17) is 10.5 Å². The van der Waals surface area contributed by atoms with Gasteiger partial charge in [0.05, 0.1) is 5.92 Å². The molecule has 0 saturated heterocycles. The maximum absolute atomic E-state index is 12.7. The highest BCUT2D eigenvalue weighted by Crippen LogP contribution is 2.29. The van der Waals surface area contributed by atoms with E-state index in [-0.39, 0.29) is 11.8 Å². The van der Waals surface area contributed by atoms with Crippen molar-refractivity contribution in [2.24, 2.45) is 11.7 Å². The third-order valence-electron chi connectivity index (χ3n) is 4.86. The zero-order chi connectivity index (χ0) is 14.8. The molecule has 1 unspecified atom stereocenters. The SMILES string of the molecule is CN(C(=O)C1COc2ccccc2C1)C1CCC(N)CC1. The highest BCUT2D eigenvalue weighted by atomic mass is 16.5. The Morgan fingerprint density at radius 3 is 2.71 bits per heavy atom. The van der Waals surface area contributed by atoms with Gasteiger partial charge in [-0.2, -0.15) is 0 Å². The maximum atomic E-state index is 12.7. The number of rotatable bonds is 2. The average molecular weight is 288 g/mol. The van der Waals surface area contributed by atoms with Gasteiger partial charge in [0.2, 0.25) is 5.91 Å². The molecule has 1 amide bonds. The quantitative estimate of drug-likeness (QED) is 0.905. The molecule has 2 N–H and O–H groups in total. The zero-order valence-corrected chi connectivity index (χ0v) is 12.6. The summed E-state index contributed by atoms with van der Waals surface area (Å²) in [7, 11) is 1.93. The predicted molar refractivity (Wildman–Crippen MR) is 82.1 cm³/mol. The molecule has 1 aromatic rings. The lowest BCUT2D eigenvalue weighted by Crippen LogP contribution is -2.46. The number of nitrogens with zero attached hydrogens (tertiary/aromatic N) is 1. The van der Waals surface area contributed by atoms with Crippen molar-refractivity contribution in [1.29, 1.82) is 0 Å². The number of carbonyl (C=O) groups is 1. The molecule has 0 aromatic heterocycles. The molecule has 21 heavy (non-hydrogen) atoms. The fraction of sp³-hybridized carbons (Fsp3) is 0.588. The van der Waals surface area contributed by atoms with Gasteiger partial charge in [0.25, 0.3) is 0 Å². The second kappa shape index (κ2) is 6.06. The first-order valence-corrected chi connectivity index (χ1v) is 7.88. The number of nitrogens with two attached hydrogens (primary N) is 1. The van der Waals surface area contributed by atoms with Gasteiger partial charge in [-0.25, -0.2) is 0 Å². The Morgan fingerprint density at radius 2 is 1.95 bits per heavy atom. The number of benzene rings is 1. The normalized spacial score (nSPS) is 28.4. The van der Waals surface area contributed by atoms with E-state index in [0.717, 1.165) is 43.4 Å². The summed E-state index contributed by atoms with van der Waals surface area (Å²) < 4.78 is 5.74. The van der Waals surface area contributed by atoms with Gasteiger partial charge in [-0.05, 0) is 43.7 Å². The van der Waals surface area contributed by atoms with Crippen molar-refractivity contribution in [3.63, 3.8) is 0 Å². The summed E-state index contributed by atoms with van der Waals surface area (Å²) in [5.74, 6) is 1.08. The van der Waals surface area contributed by atoms with Crippen LogP contribution >= 0.6 is 0 Å². The van der Waals surface area contributed by atoms with Crippen molar-refractivity contribution in [3.05, 3.63) is 29.8 Å². The van der Waals surface area contributed by atoms with Crippen molar-refractivity contribution < 1.29 is 9.53 Å². The number of fused-ring (bicyclic) bond motifs is 1. The van der Waals surface area contributed by atoms with Crippen molar-refractivity contribution in [2.75, 3.05) is 13.7 Å². The van der Waals surface area contributed by atoms with E-state index in [1.54, 1.807) is 0 Å². The van der Waals surface area contributed by atoms with E-state index < -0.39 is 0 Å². The van der Waals surface area contributed by atoms with Crippen LogP contribution < -0.4 is 10.5 Å². The first-order chi connectivity index (χ1) is 10.1. The van der Waals surface area contributed by atoms with Gasteiger partial charge < -0.3 is 15.4 Å². The van der Waals surface area contributed by atoms with Crippen LogP contribution in [0.25, 0.3) is 0 Å². The van der Waals surface area contributed by atoms with Gasteiger partial charge in [0.1, 0.15) is 12.4 Å². The minimum Gasteiger partial charge on any atom is -0.492 e. The van der Waals surface area contributed by atoms with Crippen LogP contribution in [0.2, 0.25) is 0 Å². The topological polar surface area (TPSA) is 55.6 Å². The van der Waals surface area contributed by atoms with Gasteiger partial charge in [-0.3, -0.25) is 4.79 Å². The van der Waals surface area contributed by atoms with Gasteiger partial charge in [-0.1, -0.05) is 18.2 Å². The number of amides is 1. The van der Waals surface area contributed by atoms with Gasteiger partial charge in [0, 0.05) is 19.1 Å². The summed E-state index contributed by atoms with van der Waals surface area (Å²) in [6.45, 7) is 0.492. The fourth-order valence-electron chi connectivity index (χ4n) is 3.44. The van der Waals surface area contributed by atoms with Crippen LogP contribution in [0.15, 0.2) is 24.3 Å². The molecule has 1 aliphatic carbocycles. The molecular weight excluding hydrogens is 264 g/mol. The first-order valence-electron chi connectivity index (χ1n) is 7.88. The number of para-hydroxylation sites is 1. The number of ether oxygens (including phenoxy) is 1. The van der Waals surface area contributed by atoms with E-state index in [9.17, 15) is 4.79 Å². The van der Waals surface area contributed by atoms with E-state index in [0.29, 0.717) is 18.7 Å². The minimum absolute atomic E-state index is 0.0551. The third kappa shape index (κ3) is 3.05. The standard InChI is InChI=1S/C17H24N2O2/c1-19(15-8-6-14(18)7-9-15)17(20)13-10-12-4-2-3-5-16(12)21-11-13/h2-5,13-15H,6-11,18H2,1H3. The van der Waals surface area contributed by atoms with Crippen LogP contribution in [-0.4, -0.2) is 36.5 Å². The molecule has 1 atom stereocenters. The fourth-order valence-corrected chi connectivity index (χ4v) is 3.44. The largest absolute Gasteiger partial charge is 0.492 e. The monoisotopic (exact) mass is 288 g/mol. The lowest BCUT2D eigenvalue weighted by atomic mass is 9.89. The van der Waals surface area contributed by atoms with Crippen LogP contribution in [0.1, 0.15) is 31.2 Å². The molecule has 2 aliphatic rings. The Morgan fingerprint density at radius 1 is 1.24 bits per heavy atom. The number of carbonyl (C=O) groups excluding carboxylic acids is 1. The van der Waals surface area contributed by atoms with Crippen molar-refractivity contribution >= 4 is 5.91 Å². The molecule has 114 valence electrons. The molecule has 1 aromatic carbocycles. The lowest BCUT2D eigenvalue weighted by Gasteiger charge is -2.36. The van der Waals surface area contributed by atoms with Crippen LogP contribution in [-0.2, 0) is 11.2 Å². The first kappa shape index (κ1) is 14.4. The Bertz CT molecular complexity index is 509. The molecule has 4 heteroatoms. The number of hydrogen-bond donors (Lipinski definition) is 1. The van der Waals surface area contributed by atoms with Gasteiger partial charge in [0.15, 0.2) is 0 Å². The average Bonchev–Trinajstić information content (AvgIpc) is 2.54.